The molecule has 2 saturated heterocycles. The maximum Gasteiger partial charge on any atom is 0.315 e. The van der Waals surface area contributed by atoms with Crippen molar-refractivity contribution in [1.29, 1.82) is 0 Å². The lowest BCUT2D eigenvalue weighted by Gasteiger charge is -2.39. The normalized spacial score (nSPS) is 26.1. The number of carbonyl (C=O) groups excluding carboxylic acids is 9. The maximum absolute atomic E-state index is 13.9. The second-order valence-corrected chi connectivity index (χ2v) is 27.9. The number of rotatable bonds is 16. The molecule has 6 fully saturated rings. The number of urea groups is 2. The number of amides is 10. The molecule has 20 nitrogen and oxygen atoms in total. The predicted molar refractivity (Wildman–Crippen MR) is 292 cm³/mol. The Bertz CT molecular complexity index is 2180. The van der Waals surface area contributed by atoms with E-state index in [4.69, 9.17) is 11.5 Å². The molecule has 76 heavy (non-hydrogen) atoms. The Kier molecular flexibility index (Phi) is 20.2. The van der Waals surface area contributed by atoms with Crippen LogP contribution in [-0.2, 0) is 33.6 Å². The van der Waals surface area contributed by atoms with Crippen molar-refractivity contribution in [3.8, 4) is 0 Å². The second-order valence-electron chi connectivity index (χ2n) is 27.9. The van der Waals surface area contributed by atoms with Crippen molar-refractivity contribution in [2.24, 2.45) is 68.6 Å². The summed E-state index contributed by atoms with van der Waals surface area (Å²) in [5.41, 5.74) is 8.23. The van der Waals surface area contributed by atoms with Crippen LogP contribution in [0.1, 0.15) is 177 Å². The molecule has 0 spiro atoms. The molecule has 0 radical (unpaired) electrons. The highest BCUT2D eigenvalue weighted by molar-refractivity contribution is 6.37. The van der Waals surface area contributed by atoms with E-state index in [2.05, 4.69) is 59.6 Å². The molecule has 4 saturated carbocycles. The summed E-state index contributed by atoms with van der Waals surface area (Å²) in [6.45, 7) is 31.5. The van der Waals surface area contributed by atoms with E-state index in [1.807, 2.05) is 83.1 Å². The average Bonchev–Trinajstić information content (AvgIpc) is 3.66. The number of nitrogens with zero attached hydrogens (tertiary/aromatic N) is 2. The lowest BCUT2D eigenvalue weighted by Crippen LogP contribution is -2.62. The van der Waals surface area contributed by atoms with E-state index in [0.29, 0.717) is 31.8 Å². The van der Waals surface area contributed by atoms with Crippen LogP contribution in [0.5, 0.6) is 0 Å². The number of hydrogen-bond acceptors (Lipinski definition) is 10. The number of aliphatic hydroxyl groups is 1. The molecule has 0 aromatic heterocycles. The molecule has 2 aliphatic heterocycles. The number of primary amides is 2. The lowest BCUT2D eigenvalue weighted by atomic mass is 9.79. The van der Waals surface area contributed by atoms with Gasteiger partial charge < -0.3 is 58.3 Å². The predicted octanol–water partition coefficient (Wildman–Crippen LogP) is 4.49. The Balaban J connectivity index is 0.000000390. The van der Waals surface area contributed by atoms with Crippen molar-refractivity contribution >= 4 is 53.3 Å². The summed E-state index contributed by atoms with van der Waals surface area (Å²) in [5, 5.41) is 27.5. The van der Waals surface area contributed by atoms with Crippen molar-refractivity contribution < 1.29 is 48.3 Å². The first-order valence-corrected chi connectivity index (χ1v) is 26.9. The van der Waals surface area contributed by atoms with Crippen LogP contribution in [0.3, 0.4) is 0 Å². The molecule has 10 amide bonds. The number of nitrogens with one attached hydrogen (secondary N) is 6. The molecule has 11 N–H and O–H groups in total. The van der Waals surface area contributed by atoms with E-state index < -0.39 is 99.8 Å². The first kappa shape index (κ1) is 65.3. The van der Waals surface area contributed by atoms with Crippen LogP contribution < -0.4 is 43.4 Å². The fourth-order valence-electron chi connectivity index (χ4n) is 11.8. The zero-order valence-corrected chi connectivity index (χ0v) is 47.2. The van der Waals surface area contributed by atoms with Crippen molar-refractivity contribution in [3.63, 3.8) is 0 Å². The number of ketones is 1. The van der Waals surface area contributed by atoms with Gasteiger partial charge in [0.05, 0.1) is 12.1 Å². The van der Waals surface area contributed by atoms with Crippen molar-refractivity contribution in [2.75, 3.05) is 13.1 Å². The molecule has 20 heteroatoms. The minimum atomic E-state index is -1.50. The number of nitrogens with two attached hydrogens (primary N) is 2. The van der Waals surface area contributed by atoms with Crippen LogP contribution >= 0.6 is 0 Å². The van der Waals surface area contributed by atoms with Crippen LogP contribution in [0.4, 0.5) is 9.59 Å². The molecular formula is C56H100N10O10. The van der Waals surface area contributed by atoms with E-state index >= 15 is 0 Å². The van der Waals surface area contributed by atoms with Gasteiger partial charge in [-0.05, 0) is 112 Å². The molecule has 2 heterocycles. The zero-order chi connectivity index (χ0) is 56.2. The van der Waals surface area contributed by atoms with Crippen LogP contribution in [0, 0.1) is 57.2 Å². The van der Waals surface area contributed by atoms with Gasteiger partial charge in [0.25, 0.3) is 5.91 Å². The van der Waals surface area contributed by atoms with E-state index in [0.717, 1.165) is 38.5 Å². The summed E-state index contributed by atoms with van der Waals surface area (Å²) in [5.74, 6) is -3.50. The average molecular weight is 1070 g/mol. The van der Waals surface area contributed by atoms with Crippen LogP contribution in [0.2, 0.25) is 0 Å². The van der Waals surface area contributed by atoms with Gasteiger partial charge in [-0.1, -0.05) is 123 Å². The highest BCUT2D eigenvalue weighted by atomic mass is 16.3. The van der Waals surface area contributed by atoms with Gasteiger partial charge in [-0.2, -0.15) is 0 Å². The third kappa shape index (κ3) is 15.2. The standard InChI is InChI=1S/C27H47N5O5.C27H45N5O5.2CH4/c2*1-25(2,3)20(30-24(37)31-26(4,5)6)23(36)32-13-15-17(27(15,7)8)18(32)22(35)29-16(19(33)21(28)34)12-14-10-9-11-14;;/h14-20,33H,9-13H2,1-8H3,(H2,28,34)(H,29,35)(H2,30,31,37);14-18,20H,9-13H2,1-8H3,(H2,28,34)(H,29,35)(H2,30,31,37);2*1H4/t15?,16?,17?,18-,19?,20+;15?,16?,17?,18-,20+;;/m00../s1. The minimum absolute atomic E-state index is 0. The van der Waals surface area contributed by atoms with Crippen LogP contribution in [0.15, 0.2) is 0 Å². The third-order valence-corrected chi connectivity index (χ3v) is 16.8. The van der Waals surface area contributed by atoms with E-state index in [9.17, 15) is 48.3 Å². The molecule has 0 bridgehead atoms. The van der Waals surface area contributed by atoms with E-state index in [1.165, 1.54) is 0 Å². The van der Waals surface area contributed by atoms with Gasteiger partial charge in [-0.3, -0.25) is 33.6 Å². The molecule has 434 valence electrons. The third-order valence-electron chi connectivity index (χ3n) is 16.8. The molecule has 6 aliphatic rings. The minimum Gasteiger partial charge on any atom is -0.381 e. The fourth-order valence-corrected chi connectivity index (χ4v) is 11.8. The van der Waals surface area contributed by atoms with Crippen LogP contribution in [-0.4, -0.2) is 135 Å². The summed E-state index contributed by atoms with van der Waals surface area (Å²) < 4.78 is 0. The molecule has 4 aliphatic carbocycles. The Morgan fingerprint density at radius 3 is 1.22 bits per heavy atom. The molecule has 11 atom stereocenters. The van der Waals surface area contributed by atoms with Gasteiger partial charge in [0.1, 0.15) is 24.2 Å². The Hall–Kier alpha value is -5.01. The highest BCUT2D eigenvalue weighted by Crippen LogP contribution is 2.66. The monoisotopic (exact) mass is 1070 g/mol. The van der Waals surface area contributed by atoms with Gasteiger partial charge >= 0.3 is 12.1 Å². The number of piperidine rings is 2. The number of carbonyl (C=O) groups is 9. The van der Waals surface area contributed by atoms with Gasteiger partial charge in [-0.15, -0.1) is 0 Å². The smallest absolute Gasteiger partial charge is 0.315 e. The van der Waals surface area contributed by atoms with E-state index in [-0.39, 0.29) is 73.0 Å². The molecule has 0 aromatic rings. The summed E-state index contributed by atoms with van der Waals surface area (Å²) in [4.78, 5) is 120. The lowest BCUT2D eigenvalue weighted by molar-refractivity contribution is -0.145. The van der Waals surface area contributed by atoms with Gasteiger partial charge in [-0.25, -0.2) is 9.59 Å². The van der Waals surface area contributed by atoms with Gasteiger partial charge in [0.2, 0.25) is 35.3 Å². The Morgan fingerprint density at radius 2 is 0.921 bits per heavy atom. The first-order chi connectivity index (χ1) is 33.7. The van der Waals surface area contributed by atoms with Crippen LogP contribution in [0.25, 0.3) is 0 Å². The fraction of sp³-hybridized carbons (Fsp3) is 0.839. The first-order valence-electron chi connectivity index (χ1n) is 26.9. The van der Waals surface area contributed by atoms with Crippen molar-refractivity contribution in [1.82, 2.24) is 41.7 Å². The quantitative estimate of drug-likeness (QED) is 0.0976. The van der Waals surface area contributed by atoms with Crippen molar-refractivity contribution in [2.45, 2.75) is 230 Å². The van der Waals surface area contributed by atoms with E-state index in [1.54, 1.807) is 9.80 Å². The number of hydrogen-bond donors (Lipinski definition) is 9. The summed E-state index contributed by atoms with van der Waals surface area (Å²) in [7, 11) is 0. The van der Waals surface area contributed by atoms with Crippen molar-refractivity contribution in [3.05, 3.63) is 0 Å². The number of likely N-dealkylation sites (tertiary alicyclic amines) is 2. The Labute approximate surface area is 454 Å². The molecule has 7 unspecified atom stereocenters. The highest BCUT2D eigenvalue weighted by Gasteiger charge is 2.71. The molecular weight excluding hydrogens is 973 g/mol. The topological polar surface area (TPSA) is 305 Å². The molecule has 6 rings (SSSR count). The summed E-state index contributed by atoms with van der Waals surface area (Å²) in [6.07, 6.45) is 5.34. The van der Waals surface area contributed by atoms with Gasteiger partial charge in [0, 0.05) is 24.2 Å². The Morgan fingerprint density at radius 1 is 0.566 bits per heavy atom. The maximum atomic E-state index is 13.9. The zero-order valence-electron chi connectivity index (χ0n) is 47.2. The molecule has 0 aromatic carbocycles. The number of fused-ring (bicyclic) bond motifs is 2. The summed E-state index contributed by atoms with van der Waals surface area (Å²) in [6, 6.07) is -5.99. The van der Waals surface area contributed by atoms with Gasteiger partial charge in [0.15, 0.2) is 6.10 Å². The largest absolute Gasteiger partial charge is 0.381 e. The SMILES string of the molecule is C.C.CC(C)(C)NC(=O)N[C@H](C(=O)N1CC2C([C@H]1C(=O)NC(CC1CCC1)C(=O)C(N)=O)C2(C)C)C(C)(C)C.CC(C)(C)NC(=O)N[C@H](C(=O)N1CC2C([C@H]1C(=O)NC(CC1CCC1)C(O)C(N)=O)C2(C)C)C(C)(C)C. The number of aliphatic hydroxyl groups excluding tert-OH is 1. The second kappa shape index (κ2) is 23.5. The summed E-state index contributed by atoms with van der Waals surface area (Å²) >= 11 is 0. The number of Topliss-reactive ketones (excluding diaryl/α,β-unsaturated/α-hetero) is 1.